The molecule has 214 valence electrons. The number of morpholine rings is 1. The summed E-state index contributed by atoms with van der Waals surface area (Å²) in [5, 5.41) is 6.02. The first-order valence-electron chi connectivity index (χ1n) is 12.9. The second kappa shape index (κ2) is 11.0. The molecule has 4 heterocycles. The molecule has 1 amide bonds. The molecule has 10 nitrogen and oxygen atoms in total. The standard InChI is InChI=1S/C26H30F4N8O2/c1-16-14-37(15-17(2)35(16)3)23-11-20(27)19(18-12-31-25(32-13-18)36-6-8-40-9-7-36)10-22(23)33-24(39)21-4-5-38(34-21)26(28,29)30/h4-5,10-13,16-17H,6-9,14-15H2,1-3H3,(H,33,39)/t16-,17+. The number of halogens is 4. The lowest BCUT2D eigenvalue weighted by Gasteiger charge is -2.44. The van der Waals surface area contributed by atoms with Crippen molar-refractivity contribution in [3.05, 3.63) is 48.3 Å². The number of carbonyl (C=O) groups is 1. The summed E-state index contributed by atoms with van der Waals surface area (Å²) in [5.74, 6) is -0.898. The van der Waals surface area contributed by atoms with E-state index in [1.54, 1.807) is 0 Å². The van der Waals surface area contributed by atoms with Crippen LogP contribution in [-0.4, -0.2) is 89.1 Å². The predicted octanol–water partition coefficient (Wildman–Crippen LogP) is 3.57. The van der Waals surface area contributed by atoms with E-state index < -0.39 is 23.7 Å². The number of anilines is 3. The minimum atomic E-state index is -4.76. The monoisotopic (exact) mass is 562 g/mol. The van der Waals surface area contributed by atoms with Crippen LogP contribution >= 0.6 is 0 Å². The average molecular weight is 563 g/mol. The van der Waals surface area contributed by atoms with Crippen molar-refractivity contribution in [2.75, 3.05) is 61.6 Å². The highest BCUT2D eigenvalue weighted by Gasteiger charge is 2.33. The summed E-state index contributed by atoms with van der Waals surface area (Å²) in [6, 6.07) is 4.05. The van der Waals surface area contributed by atoms with Crippen molar-refractivity contribution in [1.29, 1.82) is 0 Å². The third-order valence-electron chi connectivity index (χ3n) is 7.36. The normalized spacial score (nSPS) is 20.6. The number of aromatic nitrogens is 4. The summed E-state index contributed by atoms with van der Waals surface area (Å²) >= 11 is 0. The Labute approximate surface area is 228 Å². The van der Waals surface area contributed by atoms with Gasteiger partial charge in [-0.2, -0.15) is 9.78 Å². The molecule has 1 N–H and O–H groups in total. The maximum atomic E-state index is 15.6. The fourth-order valence-electron chi connectivity index (χ4n) is 4.91. The number of rotatable bonds is 5. The predicted molar refractivity (Wildman–Crippen MR) is 141 cm³/mol. The SMILES string of the molecule is C[C@@H]1CN(c2cc(F)c(-c3cnc(N4CCOCC4)nc3)cc2NC(=O)c2ccn(C(F)(F)F)n2)C[C@H](C)N1C. The van der Waals surface area contributed by atoms with Gasteiger partial charge in [0.15, 0.2) is 5.69 Å². The van der Waals surface area contributed by atoms with E-state index in [4.69, 9.17) is 4.74 Å². The number of piperazine rings is 1. The molecule has 0 aliphatic carbocycles. The van der Waals surface area contributed by atoms with Crippen LogP contribution < -0.4 is 15.1 Å². The Kier molecular flexibility index (Phi) is 7.64. The number of amides is 1. The van der Waals surface area contributed by atoms with Gasteiger partial charge in [-0.3, -0.25) is 9.69 Å². The molecule has 0 bridgehead atoms. The molecule has 2 saturated heterocycles. The number of hydrogen-bond donors (Lipinski definition) is 1. The van der Waals surface area contributed by atoms with Gasteiger partial charge in [0, 0.05) is 68.0 Å². The molecule has 3 aromatic rings. The van der Waals surface area contributed by atoms with Crippen LogP contribution in [0.25, 0.3) is 11.1 Å². The third kappa shape index (κ3) is 5.72. The molecule has 1 aromatic carbocycles. The number of ether oxygens (including phenoxy) is 1. The number of nitrogens with one attached hydrogen (secondary N) is 1. The van der Waals surface area contributed by atoms with E-state index in [-0.39, 0.29) is 28.0 Å². The highest BCUT2D eigenvalue weighted by Crippen LogP contribution is 2.36. The van der Waals surface area contributed by atoms with Gasteiger partial charge in [-0.25, -0.2) is 14.4 Å². The van der Waals surface area contributed by atoms with E-state index in [9.17, 15) is 18.0 Å². The Balaban J connectivity index is 1.49. The van der Waals surface area contributed by atoms with Crippen LogP contribution in [0, 0.1) is 5.82 Å². The Bertz CT molecular complexity index is 1350. The lowest BCUT2D eigenvalue weighted by Crippen LogP contribution is -2.55. The Morgan fingerprint density at radius 2 is 1.70 bits per heavy atom. The van der Waals surface area contributed by atoms with Crippen LogP contribution in [0.2, 0.25) is 0 Å². The van der Waals surface area contributed by atoms with Crippen LogP contribution in [0.15, 0.2) is 36.8 Å². The molecule has 5 rings (SSSR count). The largest absolute Gasteiger partial charge is 0.504 e. The summed E-state index contributed by atoms with van der Waals surface area (Å²) < 4.78 is 59.8. The molecule has 2 aromatic heterocycles. The van der Waals surface area contributed by atoms with Crippen molar-refractivity contribution in [2.45, 2.75) is 32.2 Å². The van der Waals surface area contributed by atoms with Crippen molar-refractivity contribution >= 4 is 23.2 Å². The molecular formula is C26H30F4N8O2. The van der Waals surface area contributed by atoms with E-state index >= 15 is 4.39 Å². The van der Waals surface area contributed by atoms with Gasteiger partial charge in [-0.05, 0) is 39.1 Å². The van der Waals surface area contributed by atoms with E-state index in [0.717, 1.165) is 6.07 Å². The van der Waals surface area contributed by atoms with Gasteiger partial charge in [0.05, 0.1) is 24.6 Å². The Morgan fingerprint density at radius 1 is 1.05 bits per heavy atom. The molecule has 0 saturated carbocycles. The van der Waals surface area contributed by atoms with E-state index in [1.807, 2.05) is 30.7 Å². The van der Waals surface area contributed by atoms with Gasteiger partial charge in [-0.15, -0.1) is 13.2 Å². The summed E-state index contributed by atoms with van der Waals surface area (Å²) in [7, 11) is 2.01. The maximum absolute atomic E-state index is 15.6. The van der Waals surface area contributed by atoms with Crippen LogP contribution in [0.3, 0.4) is 0 Å². The fourth-order valence-corrected chi connectivity index (χ4v) is 4.91. The number of benzene rings is 1. The highest BCUT2D eigenvalue weighted by atomic mass is 19.4. The second-order valence-electron chi connectivity index (χ2n) is 10.1. The van der Waals surface area contributed by atoms with Crippen molar-refractivity contribution in [3.63, 3.8) is 0 Å². The molecular weight excluding hydrogens is 532 g/mol. The first-order chi connectivity index (χ1) is 19.0. The van der Waals surface area contributed by atoms with E-state index in [1.165, 1.54) is 24.5 Å². The summed E-state index contributed by atoms with van der Waals surface area (Å²) in [5.41, 5.74) is 0.765. The first-order valence-corrected chi connectivity index (χ1v) is 12.9. The van der Waals surface area contributed by atoms with Gasteiger partial charge in [0.25, 0.3) is 5.91 Å². The van der Waals surface area contributed by atoms with Crippen molar-refractivity contribution in [3.8, 4) is 11.1 Å². The number of carbonyl (C=O) groups excluding carboxylic acids is 1. The smallest absolute Gasteiger partial charge is 0.378 e. The number of nitrogens with zero attached hydrogens (tertiary/aromatic N) is 7. The van der Waals surface area contributed by atoms with Crippen LogP contribution in [-0.2, 0) is 11.0 Å². The molecule has 2 aliphatic heterocycles. The lowest BCUT2D eigenvalue weighted by molar-refractivity contribution is -0.212. The molecule has 14 heteroatoms. The van der Waals surface area contributed by atoms with E-state index in [2.05, 4.69) is 25.3 Å². The van der Waals surface area contributed by atoms with Crippen molar-refractivity contribution in [1.82, 2.24) is 24.6 Å². The van der Waals surface area contributed by atoms with Crippen molar-refractivity contribution in [2.24, 2.45) is 0 Å². The van der Waals surface area contributed by atoms with E-state index in [0.29, 0.717) is 62.8 Å². The Hall–Kier alpha value is -3.78. The minimum absolute atomic E-state index is 0.138. The van der Waals surface area contributed by atoms with Crippen LogP contribution in [0.5, 0.6) is 0 Å². The zero-order chi connectivity index (χ0) is 28.6. The summed E-state index contributed by atoms with van der Waals surface area (Å²) in [6.45, 7) is 7.62. The first kappa shape index (κ1) is 27.8. The Morgan fingerprint density at radius 3 is 2.30 bits per heavy atom. The van der Waals surface area contributed by atoms with Gasteiger partial charge in [0.2, 0.25) is 5.95 Å². The van der Waals surface area contributed by atoms with Gasteiger partial charge in [-0.1, -0.05) is 0 Å². The summed E-state index contributed by atoms with van der Waals surface area (Å²) in [6.07, 6.45) is -1.08. The fraction of sp³-hybridized carbons (Fsp3) is 0.462. The van der Waals surface area contributed by atoms with Crippen LogP contribution in [0.1, 0.15) is 24.3 Å². The molecule has 40 heavy (non-hydrogen) atoms. The van der Waals surface area contributed by atoms with Gasteiger partial charge >= 0.3 is 6.30 Å². The summed E-state index contributed by atoms with van der Waals surface area (Å²) in [4.78, 5) is 27.9. The zero-order valence-corrected chi connectivity index (χ0v) is 22.3. The van der Waals surface area contributed by atoms with Gasteiger partial charge < -0.3 is 19.9 Å². The molecule has 0 radical (unpaired) electrons. The molecule has 2 atom stereocenters. The zero-order valence-electron chi connectivity index (χ0n) is 22.3. The number of alkyl halides is 3. The molecule has 0 unspecified atom stereocenters. The lowest BCUT2D eigenvalue weighted by atomic mass is 10.0. The third-order valence-corrected chi connectivity index (χ3v) is 7.36. The van der Waals surface area contributed by atoms with Gasteiger partial charge in [0.1, 0.15) is 5.82 Å². The molecule has 2 aliphatic rings. The molecule has 2 fully saturated rings. The number of hydrogen-bond acceptors (Lipinski definition) is 8. The number of likely N-dealkylation sites (N-methyl/N-ethyl adjacent to an activating group) is 1. The minimum Gasteiger partial charge on any atom is -0.378 e. The average Bonchev–Trinajstić information content (AvgIpc) is 3.44. The quantitative estimate of drug-likeness (QED) is 0.472. The molecule has 0 spiro atoms. The second-order valence-corrected chi connectivity index (χ2v) is 10.1. The van der Waals surface area contributed by atoms with Crippen molar-refractivity contribution < 1.29 is 27.1 Å². The van der Waals surface area contributed by atoms with Crippen LogP contribution in [0.4, 0.5) is 34.9 Å². The maximum Gasteiger partial charge on any atom is 0.504 e. The topological polar surface area (TPSA) is 91.7 Å². The highest BCUT2D eigenvalue weighted by molar-refractivity contribution is 6.05.